The fraction of sp³-hybridized carbons (Fsp3) is 0.400. The number of piperidine rings is 1. The summed E-state index contributed by atoms with van der Waals surface area (Å²) in [6, 6.07) is 0. The average Bonchev–Trinajstić information content (AvgIpc) is 3.00. The van der Waals surface area contributed by atoms with Crippen LogP contribution in [0.25, 0.3) is 0 Å². The number of anilines is 1. The lowest BCUT2D eigenvalue weighted by molar-refractivity contribution is -0.130. The number of hydrogen-bond donors (Lipinski definition) is 1. The number of carbonyl (C=O) groups excluding carboxylic acids is 2. The lowest BCUT2D eigenvalue weighted by Gasteiger charge is -2.31. The topological polar surface area (TPSA) is 62.3 Å². The van der Waals surface area contributed by atoms with Gasteiger partial charge < -0.3 is 10.2 Å². The molecular weight excluding hydrogens is 286 g/mol. The molecule has 21 heavy (non-hydrogen) atoms. The summed E-state index contributed by atoms with van der Waals surface area (Å²) in [5.74, 6) is -0.263. The average molecular weight is 305 g/mol. The maximum absolute atomic E-state index is 12.2. The number of likely N-dealkylation sites (tertiary alicyclic amines) is 1. The Morgan fingerprint density at radius 2 is 2.33 bits per heavy atom. The molecular formula is C15H19N3O2S. The molecule has 6 heteroatoms. The Labute approximate surface area is 128 Å². The van der Waals surface area contributed by atoms with E-state index in [0.29, 0.717) is 18.2 Å². The van der Waals surface area contributed by atoms with Crippen LogP contribution in [0.5, 0.6) is 0 Å². The van der Waals surface area contributed by atoms with Crippen molar-refractivity contribution in [3.63, 3.8) is 0 Å². The maximum Gasteiger partial charge on any atom is 0.246 e. The SMILES string of the molecule is C/C=C/C=C\C(=O)N1CCC[C@@H](C(=O)Nc2nccs2)C1. The molecule has 1 aromatic heterocycles. The van der Waals surface area contributed by atoms with Gasteiger partial charge in [0.25, 0.3) is 0 Å². The molecule has 0 bridgehead atoms. The Morgan fingerprint density at radius 1 is 1.48 bits per heavy atom. The van der Waals surface area contributed by atoms with Crippen molar-refractivity contribution in [1.82, 2.24) is 9.88 Å². The highest BCUT2D eigenvalue weighted by Crippen LogP contribution is 2.20. The van der Waals surface area contributed by atoms with E-state index in [0.717, 1.165) is 12.8 Å². The van der Waals surface area contributed by atoms with Gasteiger partial charge in [-0.1, -0.05) is 18.2 Å². The van der Waals surface area contributed by atoms with Crippen LogP contribution in [0, 0.1) is 5.92 Å². The Kier molecular flexibility index (Phi) is 5.68. The summed E-state index contributed by atoms with van der Waals surface area (Å²) in [4.78, 5) is 30.0. The quantitative estimate of drug-likeness (QED) is 0.686. The van der Waals surface area contributed by atoms with Gasteiger partial charge in [0.1, 0.15) is 0 Å². The molecule has 0 spiro atoms. The molecule has 0 unspecified atom stereocenters. The minimum absolute atomic E-state index is 0.0418. The van der Waals surface area contributed by atoms with Crippen LogP contribution in [0.3, 0.4) is 0 Å². The molecule has 1 atom stereocenters. The monoisotopic (exact) mass is 305 g/mol. The van der Waals surface area contributed by atoms with E-state index in [4.69, 9.17) is 0 Å². The lowest BCUT2D eigenvalue weighted by atomic mass is 9.97. The van der Waals surface area contributed by atoms with Crippen LogP contribution < -0.4 is 5.32 Å². The number of carbonyl (C=O) groups is 2. The second-order valence-corrected chi connectivity index (χ2v) is 5.73. The molecule has 1 N–H and O–H groups in total. The van der Waals surface area contributed by atoms with E-state index in [1.807, 2.05) is 24.5 Å². The van der Waals surface area contributed by atoms with E-state index < -0.39 is 0 Å². The number of amides is 2. The van der Waals surface area contributed by atoms with E-state index in [1.165, 1.54) is 11.3 Å². The minimum Gasteiger partial charge on any atom is -0.338 e. The van der Waals surface area contributed by atoms with Crippen molar-refractivity contribution in [2.75, 3.05) is 18.4 Å². The van der Waals surface area contributed by atoms with E-state index in [2.05, 4.69) is 10.3 Å². The number of hydrogen-bond acceptors (Lipinski definition) is 4. The Morgan fingerprint density at radius 3 is 3.05 bits per heavy atom. The molecule has 0 aromatic carbocycles. The third-order valence-corrected chi connectivity index (χ3v) is 4.00. The Bertz CT molecular complexity index is 537. The number of aromatic nitrogens is 1. The fourth-order valence-electron chi connectivity index (χ4n) is 2.24. The van der Waals surface area contributed by atoms with Crippen LogP contribution in [0.1, 0.15) is 19.8 Å². The molecule has 1 fully saturated rings. The standard InChI is InChI=1S/C15H19N3O2S/c1-2-3-4-7-13(19)18-9-5-6-12(11-18)14(20)17-15-16-8-10-21-15/h2-4,7-8,10,12H,5-6,9,11H2,1H3,(H,16,17,20)/b3-2+,7-4-/t12-/m1/s1. The van der Waals surface area contributed by atoms with Gasteiger partial charge in [0.2, 0.25) is 11.8 Å². The zero-order valence-corrected chi connectivity index (χ0v) is 12.8. The van der Waals surface area contributed by atoms with Crippen molar-refractivity contribution in [2.45, 2.75) is 19.8 Å². The number of thiazole rings is 1. The minimum atomic E-state index is -0.165. The highest BCUT2D eigenvalue weighted by Gasteiger charge is 2.27. The largest absolute Gasteiger partial charge is 0.338 e. The van der Waals surface area contributed by atoms with Crippen LogP contribution in [0.2, 0.25) is 0 Å². The summed E-state index contributed by atoms with van der Waals surface area (Å²) in [6.45, 7) is 3.07. The first kappa shape index (κ1) is 15.4. The number of rotatable bonds is 4. The molecule has 2 amide bonds. The molecule has 0 radical (unpaired) electrons. The zero-order valence-electron chi connectivity index (χ0n) is 12.0. The first-order valence-corrected chi connectivity index (χ1v) is 7.87. The van der Waals surface area contributed by atoms with Crippen LogP contribution in [-0.2, 0) is 9.59 Å². The van der Waals surface area contributed by atoms with E-state index in [9.17, 15) is 9.59 Å². The molecule has 1 saturated heterocycles. The molecule has 2 rings (SSSR count). The van der Waals surface area contributed by atoms with Gasteiger partial charge in [-0.05, 0) is 19.8 Å². The zero-order chi connectivity index (χ0) is 15.1. The van der Waals surface area contributed by atoms with Crippen LogP contribution in [0.15, 0.2) is 35.9 Å². The van der Waals surface area contributed by atoms with Crippen molar-refractivity contribution in [3.05, 3.63) is 35.9 Å². The third-order valence-electron chi connectivity index (χ3n) is 3.31. The molecule has 5 nitrogen and oxygen atoms in total. The maximum atomic E-state index is 12.2. The summed E-state index contributed by atoms with van der Waals surface area (Å²) >= 11 is 1.39. The van der Waals surface area contributed by atoms with E-state index >= 15 is 0 Å². The first-order valence-electron chi connectivity index (χ1n) is 6.99. The van der Waals surface area contributed by atoms with Crippen molar-refractivity contribution in [2.24, 2.45) is 5.92 Å². The number of nitrogens with zero attached hydrogens (tertiary/aromatic N) is 2. The number of nitrogens with one attached hydrogen (secondary N) is 1. The molecule has 1 aliphatic rings. The highest BCUT2D eigenvalue weighted by atomic mass is 32.1. The van der Waals surface area contributed by atoms with Crippen molar-refractivity contribution in [3.8, 4) is 0 Å². The summed E-state index contributed by atoms with van der Waals surface area (Å²) in [5.41, 5.74) is 0. The van der Waals surface area contributed by atoms with Crippen LogP contribution >= 0.6 is 11.3 Å². The van der Waals surface area contributed by atoms with Gasteiger partial charge in [0.05, 0.1) is 5.92 Å². The third kappa shape index (κ3) is 4.53. The van der Waals surface area contributed by atoms with Gasteiger partial charge >= 0.3 is 0 Å². The fourth-order valence-corrected chi connectivity index (χ4v) is 2.77. The normalized spacial score (nSPS) is 19.3. The van der Waals surface area contributed by atoms with Crippen molar-refractivity contribution >= 4 is 28.3 Å². The predicted octanol–water partition coefficient (Wildman–Crippen LogP) is 2.45. The summed E-state index contributed by atoms with van der Waals surface area (Å²) < 4.78 is 0. The smallest absolute Gasteiger partial charge is 0.246 e. The van der Waals surface area contributed by atoms with Gasteiger partial charge in [-0.3, -0.25) is 9.59 Å². The predicted molar refractivity (Wildman–Crippen MR) is 84.0 cm³/mol. The number of allylic oxidation sites excluding steroid dienone is 3. The van der Waals surface area contributed by atoms with E-state index in [1.54, 1.807) is 23.2 Å². The van der Waals surface area contributed by atoms with Gasteiger partial charge in [-0.2, -0.15) is 0 Å². The molecule has 0 aliphatic carbocycles. The van der Waals surface area contributed by atoms with Gasteiger partial charge in [-0.15, -0.1) is 11.3 Å². The molecule has 1 aromatic rings. The van der Waals surface area contributed by atoms with Crippen molar-refractivity contribution < 1.29 is 9.59 Å². The van der Waals surface area contributed by atoms with Crippen LogP contribution in [-0.4, -0.2) is 34.8 Å². The molecule has 112 valence electrons. The molecule has 0 saturated carbocycles. The second kappa shape index (κ2) is 7.73. The van der Waals surface area contributed by atoms with Crippen molar-refractivity contribution in [1.29, 1.82) is 0 Å². The summed E-state index contributed by atoms with van der Waals surface area (Å²) in [7, 11) is 0. The highest BCUT2D eigenvalue weighted by molar-refractivity contribution is 7.13. The lowest BCUT2D eigenvalue weighted by Crippen LogP contribution is -2.43. The van der Waals surface area contributed by atoms with Crippen LogP contribution in [0.4, 0.5) is 5.13 Å². The summed E-state index contributed by atoms with van der Waals surface area (Å²) in [5, 5.41) is 5.23. The first-order chi connectivity index (χ1) is 10.2. The summed E-state index contributed by atoms with van der Waals surface area (Å²) in [6.07, 6.45) is 10.3. The van der Waals surface area contributed by atoms with Gasteiger partial charge in [-0.25, -0.2) is 4.98 Å². The molecule has 2 heterocycles. The Hall–Kier alpha value is -1.95. The van der Waals surface area contributed by atoms with E-state index in [-0.39, 0.29) is 17.7 Å². The Balaban J connectivity index is 1.90. The van der Waals surface area contributed by atoms with Gasteiger partial charge in [0, 0.05) is 30.7 Å². The molecule has 1 aliphatic heterocycles. The van der Waals surface area contributed by atoms with Gasteiger partial charge in [0.15, 0.2) is 5.13 Å². The second-order valence-electron chi connectivity index (χ2n) is 4.83.